The molecule has 132 valence electrons. The van der Waals surface area contributed by atoms with Gasteiger partial charge < -0.3 is 14.8 Å². The molecular weight excluding hydrogens is 383 g/mol. The molecule has 2 aromatic carbocycles. The number of aromatic hydroxyl groups is 1. The van der Waals surface area contributed by atoms with Crippen LogP contribution in [0.4, 0.5) is 11.4 Å². The number of phenolic OH excluding ortho intramolecular Hbond substituents is 1. The number of amides is 1. The summed E-state index contributed by atoms with van der Waals surface area (Å²) in [5, 5.41) is 23.6. The number of carbonyl (C=O) groups excluding carboxylic acids is 1. The number of phenols is 1. The average Bonchev–Trinajstić information content (AvgIpc) is 3.12. The van der Waals surface area contributed by atoms with E-state index in [1.165, 1.54) is 30.5 Å². The van der Waals surface area contributed by atoms with Gasteiger partial charge in [0.1, 0.15) is 11.5 Å². The number of rotatable bonds is 4. The van der Waals surface area contributed by atoms with Crippen LogP contribution in [0, 0.1) is 10.1 Å². The van der Waals surface area contributed by atoms with Crippen molar-refractivity contribution in [3.63, 3.8) is 0 Å². The SMILES string of the molecule is O=C(Nc1ccc([N+](=O)[O-])cc1Cl)c1cc(Cl)c(-c2ccco2)cc1O. The predicted octanol–water partition coefficient (Wildman–Crippen LogP) is 5.12. The van der Waals surface area contributed by atoms with E-state index in [4.69, 9.17) is 27.6 Å². The zero-order chi connectivity index (χ0) is 18.8. The molecule has 0 atom stereocenters. The quantitative estimate of drug-likeness (QED) is 0.473. The van der Waals surface area contributed by atoms with Crippen molar-refractivity contribution in [3.05, 3.63) is 74.5 Å². The van der Waals surface area contributed by atoms with Crippen LogP contribution in [0.1, 0.15) is 10.4 Å². The lowest BCUT2D eigenvalue weighted by Gasteiger charge is -2.10. The monoisotopic (exact) mass is 392 g/mol. The number of carbonyl (C=O) groups is 1. The van der Waals surface area contributed by atoms with Gasteiger partial charge in [0.05, 0.1) is 32.5 Å². The maximum atomic E-state index is 12.4. The number of hydrogen-bond donors (Lipinski definition) is 2. The summed E-state index contributed by atoms with van der Waals surface area (Å²) in [5.41, 5.74) is 0.299. The average molecular weight is 393 g/mol. The molecule has 7 nitrogen and oxygen atoms in total. The van der Waals surface area contributed by atoms with Crippen LogP contribution < -0.4 is 5.32 Å². The van der Waals surface area contributed by atoms with Gasteiger partial charge in [-0.05, 0) is 30.3 Å². The van der Waals surface area contributed by atoms with Crippen LogP contribution in [-0.4, -0.2) is 15.9 Å². The third-order valence-corrected chi connectivity index (χ3v) is 4.15. The van der Waals surface area contributed by atoms with Crippen LogP contribution in [0.5, 0.6) is 5.75 Å². The normalized spacial score (nSPS) is 10.5. The number of hydrogen-bond acceptors (Lipinski definition) is 5. The second-order valence-electron chi connectivity index (χ2n) is 5.20. The fraction of sp³-hybridized carbons (Fsp3) is 0. The van der Waals surface area contributed by atoms with Crippen molar-refractivity contribution >= 4 is 40.5 Å². The van der Waals surface area contributed by atoms with E-state index in [1.807, 2.05) is 0 Å². The molecule has 3 rings (SSSR count). The van der Waals surface area contributed by atoms with Crippen LogP contribution >= 0.6 is 23.2 Å². The summed E-state index contributed by atoms with van der Waals surface area (Å²) in [7, 11) is 0. The number of nitro benzene ring substituents is 1. The van der Waals surface area contributed by atoms with Gasteiger partial charge in [0.15, 0.2) is 0 Å². The van der Waals surface area contributed by atoms with Crippen LogP contribution in [0.3, 0.4) is 0 Å². The first-order chi connectivity index (χ1) is 12.4. The van der Waals surface area contributed by atoms with Gasteiger partial charge in [-0.2, -0.15) is 0 Å². The van der Waals surface area contributed by atoms with Crippen molar-refractivity contribution in [1.82, 2.24) is 0 Å². The minimum atomic E-state index is -0.675. The zero-order valence-electron chi connectivity index (χ0n) is 12.9. The van der Waals surface area contributed by atoms with Crippen LogP contribution in [0.2, 0.25) is 10.0 Å². The summed E-state index contributed by atoms with van der Waals surface area (Å²) in [6.45, 7) is 0. The van der Waals surface area contributed by atoms with Crippen molar-refractivity contribution in [3.8, 4) is 17.1 Å². The van der Waals surface area contributed by atoms with Gasteiger partial charge in [0.2, 0.25) is 0 Å². The van der Waals surface area contributed by atoms with Crippen LogP contribution in [-0.2, 0) is 0 Å². The van der Waals surface area contributed by atoms with Crippen molar-refractivity contribution in [2.75, 3.05) is 5.32 Å². The topological polar surface area (TPSA) is 106 Å². The second-order valence-corrected chi connectivity index (χ2v) is 6.02. The maximum Gasteiger partial charge on any atom is 0.271 e. The highest BCUT2D eigenvalue weighted by atomic mass is 35.5. The molecule has 1 aromatic heterocycles. The Morgan fingerprint density at radius 1 is 1.15 bits per heavy atom. The Kier molecular flexibility index (Phi) is 4.83. The zero-order valence-corrected chi connectivity index (χ0v) is 14.4. The number of anilines is 1. The highest BCUT2D eigenvalue weighted by Gasteiger charge is 2.18. The minimum Gasteiger partial charge on any atom is -0.507 e. The van der Waals surface area contributed by atoms with E-state index >= 15 is 0 Å². The van der Waals surface area contributed by atoms with Crippen molar-refractivity contribution in [2.45, 2.75) is 0 Å². The Morgan fingerprint density at radius 3 is 2.54 bits per heavy atom. The molecule has 0 fully saturated rings. The lowest BCUT2D eigenvalue weighted by atomic mass is 10.1. The molecule has 9 heteroatoms. The molecule has 0 saturated heterocycles. The van der Waals surface area contributed by atoms with E-state index in [2.05, 4.69) is 5.32 Å². The largest absolute Gasteiger partial charge is 0.507 e. The molecule has 0 aliphatic carbocycles. The first kappa shape index (κ1) is 17.8. The Labute approximate surface area is 156 Å². The summed E-state index contributed by atoms with van der Waals surface area (Å²) in [5.74, 6) is -0.543. The highest BCUT2D eigenvalue weighted by Crippen LogP contribution is 2.35. The third-order valence-electron chi connectivity index (χ3n) is 3.53. The van der Waals surface area contributed by atoms with Crippen LogP contribution in [0.15, 0.2) is 53.1 Å². The van der Waals surface area contributed by atoms with Crippen LogP contribution in [0.25, 0.3) is 11.3 Å². The van der Waals surface area contributed by atoms with Gasteiger partial charge in [-0.3, -0.25) is 14.9 Å². The van der Waals surface area contributed by atoms with Gasteiger partial charge in [0, 0.05) is 17.7 Å². The summed E-state index contributed by atoms with van der Waals surface area (Å²) in [6, 6.07) is 9.56. The van der Waals surface area contributed by atoms with Gasteiger partial charge >= 0.3 is 0 Å². The smallest absolute Gasteiger partial charge is 0.271 e. The third kappa shape index (κ3) is 3.49. The Morgan fingerprint density at radius 2 is 1.92 bits per heavy atom. The molecule has 0 saturated carbocycles. The molecule has 1 amide bonds. The predicted molar refractivity (Wildman–Crippen MR) is 96.9 cm³/mol. The number of nitrogens with zero attached hydrogens (tertiary/aromatic N) is 1. The Hall–Kier alpha value is -3.03. The number of non-ortho nitro benzene ring substituents is 1. The summed E-state index contributed by atoms with van der Waals surface area (Å²) in [6.07, 6.45) is 1.46. The standard InChI is InChI=1S/C17H10Cl2N2O5/c18-12-7-11(15(22)8-10(12)16-2-1-5-26-16)17(23)20-14-4-3-9(21(24)25)6-13(14)19/h1-8,22H,(H,20,23). The maximum absolute atomic E-state index is 12.4. The Balaban J connectivity index is 1.89. The molecule has 2 N–H and O–H groups in total. The van der Waals surface area contributed by atoms with Gasteiger partial charge in [-0.25, -0.2) is 0 Å². The minimum absolute atomic E-state index is 0.00894. The number of furan rings is 1. The molecule has 3 aromatic rings. The van der Waals surface area contributed by atoms with E-state index in [9.17, 15) is 20.0 Å². The second kappa shape index (κ2) is 7.07. The molecule has 0 aliphatic rings. The summed E-state index contributed by atoms with van der Waals surface area (Å²) < 4.78 is 5.23. The Bertz CT molecular complexity index is 1000. The van der Waals surface area contributed by atoms with Gasteiger partial charge in [-0.1, -0.05) is 23.2 Å². The van der Waals surface area contributed by atoms with E-state index in [1.54, 1.807) is 12.1 Å². The fourth-order valence-electron chi connectivity index (χ4n) is 2.27. The molecular formula is C17H10Cl2N2O5. The van der Waals surface area contributed by atoms with Crippen molar-refractivity contribution in [2.24, 2.45) is 0 Å². The van der Waals surface area contributed by atoms with Crippen molar-refractivity contribution in [1.29, 1.82) is 0 Å². The molecule has 0 bridgehead atoms. The first-order valence-electron chi connectivity index (χ1n) is 7.18. The van der Waals surface area contributed by atoms with Gasteiger partial charge in [0.25, 0.3) is 11.6 Å². The van der Waals surface area contributed by atoms with E-state index in [0.717, 1.165) is 6.07 Å². The van der Waals surface area contributed by atoms with E-state index in [0.29, 0.717) is 11.3 Å². The molecule has 26 heavy (non-hydrogen) atoms. The van der Waals surface area contributed by atoms with E-state index < -0.39 is 10.8 Å². The van der Waals surface area contributed by atoms with Crippen molar-refractivity contribution < 1.29 is 19.2 Å². The molecule has 1 heterocycles. The van der Waals surface area contributed by atoms with Gasteiger partial charge in [-0.15, -0.1) is 0 Å². The molecule has 0 aliphatic heterocycles. The highest BCUT2D eigenvalue weighted by molar-refractivity contribution is 6.35. The first-order valence-corrected chi connectivity index (χ1v) is 7.94. The molecule has 0 radical (unpaired) electrons. The summed E-state index contributed by atoms with van der Waals surface area (Å²) in [4.78, 5) is 22.5. The number of benzene rings is 2. The number of halogens is 2. The molecule has 0 unspecified atom stereocenters. The lowest BCUT2D eigenvalue weighted by Crippen LogP contribution is -2.12. The lowest BCUT2D eigenvalue weighted by molar-refractivity contribution is -0.384. The number of nitrogens with one attached hydrogen (secondary N) is 1. The fourth-order valence-corrected chi connectivity index (χ4v) is 2.75. The summed E-state index contributed by atoms with van der Waals surface area (Å²) >= 11 is 12.1. The number of nitro groups is 1. The van der Waals surface area contributed by atoms with E-state index in [-0.39, 0.29) is 32.7 Å². The molecule has 0 spiro atoms.